The summed E-state index contributed by atoms with van der Waals surface area (Å²) in [5.74, 6) is 0.830. The van der Waals surface area contributed by atoms with Gasteiger partial charge < -0.3 is 10.3 Å². The van der Waals surface area contributed by atoms with Gasteiger partial charge in [0, 0.05) is 21.9 Å². The molecule has 1 heterocycles. The Bertz CT molecular complexity index is 440. The smallest absolute Gasteiger partial charge is 0.127 e. The van der Waals surface area contributed by atoms with Crippen LogP contribution in [0.2, 0.25) is 0 Å². The second kappa shape index (κ2) is 4.40. The molecule has 0 aliphatic rings. The summed E-state index contributed by atoms with van der Waals surface area (Å²) in [6.07, 6.45) is 3.37. The van der Waals surface area contributed by atoms with E-state index in [4.69, 9.17) is 10.3 Å². The number of nitrogens with two attached hydrogens (primary N) is 1. The van der Waals surface area contributed by atoms with Gasteiger partial charge in [0.25, 0.3) is 0 Å². The highest BCUT2D eigenvalue weighted by molar-refractivity contribution is 7.98. The first-order valence-corrected chi connectivity index (χ1v) is 5.61. The zero-order chi connectivity index (χ0) is 10.7. The van der Waals surface area contributed by atoms with Crippen molar-refractivity contribution in [3.63, 3.8) is 0 Å². The molecule has 15 heavy (non-hydrogen) atoms. The molecule has 2 N–H and O–H groups in total. The highest BCUT2D eigenvalue weighted by Crippen LogP contribution is 2.28. The van der Waals surface area contributed by atoms with Crippen LogP contribution in [-0.4, -0.2) is 5.16 Å². The van der Waals surface area contributed by atoms with Gasteiger partial charge in [0.1, 0.15) is 6.26 Å². The van der Waals surface area contributed by atoms with Crippen LogP contribution in [0.25, 0.3) is 0 Å². The lowest BCUT2D eigenvalue weighted by atomic mass is 10.2. The summed E-state index contributed by atoms with van der Waals surface area (Å²) < 4.78 is 4.76. The van der Waals surface area contributed by atoms with Gasteiger partial charge in [-0.25, -0.2) is 0 Å². The Hall–Kier alpha value is -1.42. The second-order valence-corrected chi connectivity index (χ2v) is 4.38. The van der Waals surface area contributed by atoms with Crippen molar-refractivity contribution >= 4 is 17.4 Å². The molecule has 0 unspecified atom stereocenters. The van der Waals surface area contributed by atoms with E-state index in [1.165, 1.54) is 5.56 Å². The molecule has 4 heteroatoms. The number of hydrogen-bond donors (Lipinski definition) is 1. The van der Waals surface area contributed by atoms with Gasteiger partial charge in [0.05, 0.1) is 6.20 Å². The van der Waals surface area contributed by atoms with E-state index < -0.39 is 0 Å². The predicted molar refractivity (Wildman–Crippen MR) is 61.7 cm³/mol. The minimum Gasteiger partial charge on any atom is -0.398 e. The molecule has 2 aromatic rings. The van der Waals surface area contributed by atoms with Gasteiger partial charge in [-0.05, 0) is 24.6 Å². The first-order chi connectivity index (χ1) is 7.25. The number of nitrogen functional groups attached to an aromatic ring is 1. The third-order valence-corrected chi connectivity index (χ3v) is 3.20. The van der Waals surface area contributed by atoms with Crippen LogP contribution >= 0.6 is 11.8 Å². The van der Waals surface area contributed by atoms with Crippen LogP contribution in [-0.2, 0) is 5.75 Å². The minimum atomic E-state index is 0.830. The number of aryl methyl sites for hydroxylation is 1. The van der Waals surface area contributed by atoms with Crippen molar-refractivity contribution in [2.24, 2.45) is 0 Å². The Balaban J connectivity index is 2.05. The number of thioether (sulfide) groups is 1. The predicted octanol–water partition coefficient (Wildman–Crippen LogP) is 2.86. The van der Waals surface area contributed by atoms with E-state index in [0.29, 0.717) is 0 Å². The van der Waals surface area contributed by atoms with E-state index in [-0.39, 0.29) is 0 Å². The van der Waals surface area contributed by atoms with Crippen molar-refractivity contribution in [3.8, 4) is 0 Å². The van der Waals surface area contributed by atoms with Gasteiger partial charge in [0.15, 0.2) is 0 Å². The topological polar surface area (TPSA) is 52.0 Å². The van der Waals surface area contributed by atoms with Gasteiger partial charge in [-0.3, -0.25) is 0 Å². The Morgan fingerprint density at radius 2 is 2.33 bits per heavy atom. The normalized spacial score (nSPS) is 10.5. The maximum Gasteiger partial charge on any atom is 0.127 e. The van der Waals surface area contributed by atoms with Crippen LogP contribution in [0.1, 0.15) is 11.1 Å². The van der Waals surface area contributed by atoms with E-state index >= 15 is 0 Å². The molecule has 3 nitrogen and oxygen atoms in total. The Morgan fingerprint density at radius 3 is 3.00 bits per heavy atom. The van der Waals surface area contributed by atoms with E-state index in [1.807, 2.05) is 19.1 Å². The molecule has 0 saturated carbocycles. The molecule has 1 aromatic carbocycles. The molecule has 0 atom stereocenters. The number of rotatable bonds is 3. The van der Waals surface area contributed by atoms with Crippen molar-refractivity contribution in [1.29, 1.82) is 0 Å². The molecule has 0 spiro atoms. The van der Waals surface area contributed by atoms with E-state index in [0.717, 1.165) is 21.9 Å². The molecule has 0 aliphatic heterocycles. The number of anilines is 1. The summed E-state index contributed by atoms with van der Waals surface area (Å²) in [5.41, 5.74) is 8.98. The van der Waals surface area contributed by atoms with Gasteiger partial charge >= 0.3 is 0 Å². The minimum absolute atomic E-state index is 0.830. The number of nitrogens with zero attached hydrogens (tertiary/aromatic N) is 1. The van der Waals surface area contributed by atoms with Gasteiger partial charge in [-0.2, -0.15) is 0 Å². The van der Waals surface area contributed by atoms with Gasteiger partial charge in [0.2, 0.25) is 0 Å². The highest BCUT2D eigenvalue weighted by Gasteiger charge is 2.02. The van der Waals surface area contributed by atoms with Crippen molar-refractivity contribution in [1.82, 2.24) is 5.16 Å². The van der Waals surface area contributed by atoms with E-state index in [1.54, 1.807) is 24.2 Å². The molecule has 0 fully saturated rings. The Kier molecular flexibility index (Phi) is 2.97. The molecule has 0 amide bonds. The zero-order valence-corrected chi connectivity index (χ0v) is 9.25. The lowest BCUT2D eigenvalue weighted by molar-refractivity contribution is 0.419. The largest absolute Gasteiger partial charge is 0.398 e. The maximum absolute atomic E-state index is 5.90. The molecular formula is C11H12N2OS. The van der Waals surface area contributed by atoms with Crippen LogP contribution in [0.4, 0.5) is 5.69 Å². The first-order valence-electron chi connectivity index (χ1n) is 4.63. The Labute approximate surface area is 92.6 Å². The molecular weight excluding hydrogens is 208 g/mol. The molecule has 78 valence electrons. The van der Waals surface area contributed by atoms with E-state index in [2.05, 4.69) is 11.2 Å². The standard InChI is InChI=1S/C11H12N2OS/c1-8-2-3-11(10(12)4-8)15-7-9-5-13-14-6-9/h2-6H,7,12H2,1H3. The second-order valence-electron chi connectivity index (χ2n) is 3.36. The SMILES string of the molecule is Cc1ccc(SCc2cnoc2)c(N)c1. The highest BCUT2D eigenvalue weighted by atomic mass is 32.2. The summed E-state index contributed by atoms with van der Waals surface area (Å²) in [4.78, 5) is 1.10. The molecule has 0 bridgehead atoms. The lowest BCUT2D eigenvalue weighted by Crippen LogP contribution is -1.89. The quantitative estimate of drug-likeness (QED) is 0.638. The zero-order valence-electron chi connectivity index (χ0n) is 8.43. The van der Waals surface area contributed by atoms with Crippen molar-refractivity contribution in [3.05, 3.63) is 41.8 Å². The van der Waals surface area contributed by atoms with Crippen molar-refractivity contribution < 1.29 is 4.52 Å². The fraction of sp³-hybridized carbons (Fsp3) is 0.182. The fourth-order valence-corrected chi connectivity index (χ4v) is 2.11. The van der Waals surface area contributed by atoms with Crippen molar-refractivity contribution in [2.75, 3.05) is 5.73 Å². The number of benzene rings is 1. The summed E-state index contributed by atoms with van der Waals surface area (Å²) in [6.45, 7) is 2.03. The average Bonchev–Trinajstić information content (AvgIpc) is 2.69. The summed E-state index contributed by atoms with van der Waals surface area (Å²) in [5, 5.41) is 3.65. The van der Waals surface area contributed by atoms with Crippen LogP contribution < -0.4 is 5.73 Å². The van der Waals surface area contributed by atoms with Crippen LogP contribution in [0.3, 0.4) is 0 Å². The number of hydrogen-bond acceptors (Lipinski definition) is 4. The molecule has 0 saturated heterocycles. The van der Waals surface area contributed by atoms with E-state index in [9.17, 15) is 0 Å². The molecule has 1 aromatic heterocycles. The number of aromatic nitrogens is 1. The van der Waals surface area contributed by atoms with Crippen LogP contribution in [0.5, 0.6) is 0 Å². The third-order valence-electron chi connectivity index (χ3n) is 2.04. The molecule has 0 radical (unpaired) electrons. The third kappa shape index (κ3) is 2.53. The monoisotopic (exact) mass is 220 g/mol. The summed E-state index contributed by atoms with van der Waals surface area (Å²) in [6, 6.07) is 6.09. The van der Waals surface area contributed by atoms with Crippen LogP contribution in [0, 0.1) is 6.92 Å². The average molecular weight is 220 g/mol. The Morgan fingerprint density at radius 1 is 1.47 bits per heavy atom. The lowest BCUT2D eigenvalue weighted by Gasteiger charge is -2.04. The first kappa shape index (κ1) is 10.1. The van der Waals surface area contributed by atoms with Crippen LogP contribution in [0.15, 0.2) is 40.1 Å². The molecule has 0 aliphatic carbocycles. The van der Waals surface area contributed by atoms with Gasteiger partial charge in [-0.15, -0.1) is 11.8 Å². The fourth-order valence-electron chi connectivity index (χ4n) is 1.26. The molecule has 2 rings (SSSR count). The van der Waals surface area contributed by atoms with Gasteiger partial charge in [-0.1, -0.05) is 11.2 Å². The van der Waals surface area contributed by atoms with Crippen molar-refractivity contribution in [2.45, 2.75) is 17.6 Å². The maximum atomic E-state index is 5.90. The summed E-state index contributed by atoms with van der Waals surface area (Å²) in [7, 11) is 0. The summed E-state index contributed by atoms with van der Waals surface area (Å²) >= 11 is 1.69.